The van der Waals surface area contributed by atoms with Crippen molar-refractivity contribution in [1.29, 1.82) is 0 Å². The summed E-state index contributed by atoms with van der Waals surface area (Å²) in [6.07, 6.45) is 3.27. The molecule has 0 fully saturated rings. The molecule has 0 aliphatic heterocycles. The SMILES string of the molecule is CN(CCO)C(=O)/C=C/c1ccccc1. The van der Waals surface area contributed by atoms with Gasteiger partial charge in [0.1, 0.15) is 0 Å². The van der Waals surface area contributed by atoms with Gasteiger partial charge in [0.2, 0.25) is 5.91 Å². The second kappa shape index (κ2) is 5.98. The Hall–Kier alpha value is -1.61. The molecule has 0 aliphatic carbocycles. The number of likely N-dealkylation sites (N-methyl/N-ethyl adjacent to an activating group) is 1. The lowest BCUT2D eigenvalue weighted by Gasteiger charge is -2.12. The molecule has 3 heteroatoms. The number of carbonyl (C=O) groups is 1. The molecule has 0 radical (unpaired) electrons. The Morgan fingerprint density at radius 3 is 2.67 bits per heavy atom. The van der Waals surface area contributed by atoms with Gasteiger partial charge in [0, 0.05) is 19.7 Å². The van der Waals surface area contributed by atoms with E-state index in [1.807, 2.05) is 30.3 Å². The first-order chi connectivity index (χ1) is 7.24. The van der Waals surface area contributed by atoms with Crippen LogP contribution in [0.1, 0.15) is 5.56 Å². The molecule has 0 saturated heterocycles. The second-order valence-electron chi connectivity index (χ2n) is 3.23. The van der Waals surface area contributed by atoms with E-state index in [4.69, 9.17) is 5.11 Å². The fourth-order valence-corrected chi connectivity index (χ4v) is 1.12. The number of amides is 1. The molecule has 3 nitrogen and oxygen atoms in total. The van der Waals surface area contributed by atoms with E-state index in [1.54, 1.807) is 13.1 Å². The van der Waals surface area contributed by atoms with Crippen molar-refractivity contribution >= 4 is 12.0 Å². The predicted octanol–water partition coefficient (Wildman–Crippen LogP) is 1.15. The molecule has 1 rings (SSSR count). The minimum absolute atomic E-state index is 0.0125. The van der Waals surface area contributed by atoms with Gasteiger partial charge in [0.15, 0.2) is 0 Å². The topological polar surface area (TPSA) is 40.5 Å². The Labute approximate surface area is 89.6 Å². The number of hydrogen-bond donors (Lipinski definition) is 1. The Bertz CT molecular complexity index is 333. The van der Waals surface area contributed by atoms with Gasteiger partial charge in [0.05, 0.1) is 6.61 Å². The number of aliphatic hydroxyl groups is 1. The third-order valence-corrected chi connectivity index (χ3v) is 2.03. The molecule has 1 aromatic carbocycles. The van der Waals surface area contributed by atoms with Gasteiger partial charge >= 0.3 is 0 Å². The molecule has 1 aromatic rings. The van der Waals surface area contributed by atoms with Crippen molar-refractivity contribution in [3.8, 4) is 0 Å². The summed E-state index contributed by atoms with van der Waals surface area (Å²) in [7, 11) is 1.66. The fourth-order valence-electron chi connectivity index (χ4n) is 1.12. The van der Waals surface area contributed by atoms with E-state index in [0.29, 0.717) is 6.54 Å². The maximum Gasteiger partial charge on any atom is 0.246 e. The van der Waals surface area contributed by atoms with E-state index in [1.165, 1.54) is 11.0 Å². The van der Waals surface area contributed by atoms with Gasteiger partial charge in [-0.1, -0.05) is 30.3 Å². The lowest BCUT2D eigenvalue weighted by molar-refractivity contribution is -0.125. The van der Waals surface area contributed by atoms with Crippen molar-refractivity contribution in [2.45, 2.75) is 0 Å². The molecule has 0 aromatic heterocycles. The Balaban J connectivity index is 2.55. The zero-order valence-electron chi connectivity index (χ0n) is 8.76. The van der Waals surface area contributed by atoms with Crippen molar-refractivity contribution in [3.05, 3.63) is 42.0 Å². The molecular weight excluding hydrogens is 190 g/mol. The maximum atomic E-state index is 11.4. The summed E-state index contributed by atoms with van der Waals surface area (Å²) in [5.41, 5.74) is 0.989. The normalized spacial score (nSPS) is 10.5. The number of hydrogen-bond acceptors (Lipinski definition) is 2. The average Bonchev–Trinajstić information content (AvgIpc) is 2.27. The van der Waals surface area contributed by atoms with Crippen LogP contribution in [0.4, 0.5) is 0 Å². The maximum absolute atomic E-state index is 11.4. The van der Waals surface area contributed by atoms with Crippen LogP contribution in [0.3, 0.4) is 0 Å². The zero-order chi connectivity index (χ0) is 11.1. The molecule has 0 heterocycles. The number of rotatable bonds is 4. The summed E-state index contributed by atoms with van der Waals surface area (Å²) in [5, 5.41) is 8.65. The van der Waals surface area contributed by atoms with Crippen molar-refractivity contribution < 1.29 is 9.90 Å². The largest absolute Gasteiger partial charge is 0.395 e. The molecule has 15 heavy (non-hydrogen) atoms. The average molecular weight is 205 g/mol. The van der Waals surface area contributed by atoms with Crippen LogP contribution in [0.5, 0.6) is 0 Å². The number of benzene rings is 1. The Morgan fingerprint density at radius 1 is 1.40 bits per heavy atom. The third-order valence-electron chi connectivity index (χ3n) is 2.03. The first kappa shape index (κ1) is 11.5. The van der Waals surface area contributed by atoms with Gasteiger partial charge in [-0.05, 0) is 11.6 Å². The highest BCUT2D eigenvalue weighted by Crippen LogP contribution is 2.01. The van der Waals surface area contributed by atoms with E-state index in [2.05, 4.69) is 0 Å². The van der Waals surface area contributed by atoms with Crippen molar-refractivity contribution in [2.75, 3.05) is 20.2 Å². The van der Waals surface area contributed by atoms with Crippen molar-refractivity contribution in [1.82, 2.24) is 4.90 Å². The minimum atomic E-state index is -0.104. The van der Waals surface area contributed by atoms with E-state index < -0.39 is 0 Å². The molecule has 0 aliphatic rings. The summed E-state index contributed by atoms with van der Waals surface area (Å²) < 4.78 is 0. The van der Waals surface area contributed by atoms with E-state index >= 15 is 0 Å². The summed E-state index contributed by atoms with van der Waals surface area (Å²) in [6, 6.07) is 9.62. The molecular formula is C12H15NO2. The van der Waals surface area contributed by atoms with Crippen molar-refractivity contribution in [2.24, 2.45) is 0 Å². The first-order valence-corrected chi connectivity index (χ1v) is 4.83. The lowest BCUT2D eigenvalue weighted by atomic mass is 10.2. The zero-order valence-corrected chi connectivity index (χ0v) is 8.76. The monoisotopic (exact) mass is 205 g/mol. The Kier molecular flexibility index (Phi) is 4.57. The van der Waals surface area contributed by atoms with Crippen LogP contribution in [-0.4, -0.2) is 36.1 Å². The van der Waals surface area contributed by atoms with Crippen LogP contribution < -0.4 is 0 Å². The van der Waals surface area contributed by atoms with E-state index in [9.17, 15) is 4.79 Å². The summed E-state index contributed by atoms with van der Waals surface area (Å²) in [6.45, 7) is 0.347. The molecule has 0 unspecified atom stereocenters. The quantitative estimate of drug-likeness (QED) is 0.749. The fraction of sp³-hybridized carbons (Fsp3) is 0.250. The van der Waals surface area contributed by atoms with Gasteiger partial charge in [-0.15, -0.1) is 0 Å². The number of aliphatic hydroxyl groups excluding tert-OH is 1. The molecule has 1 amide bonds. The third kappa shape index (κ3) is 3.95. The minimum Gasteiger partial charge on any atom is -0.395 e. The number of nitrogens with zero attached hydrogens (tertiary/aromatic N) is 1. The van der Waals surface area contributed by atoms with Crippen LogP contribution in [0.25, 0.3) is 6.08 Å². The van der Waals surface area contributed by atoms with Gasteiger partial charge in [-0.25, -0.2) is 0 Å². The van der Waals surface area contributed by atoms with E-state index in [-0.39, 0.29) is 12.5 Å². The van der Waals surface area contributed by atoms with Gasteiger partial charge < -0.3 is 10.0 Å². The van der Waals surface area contributed by atoms with Crippen LogP contribution in [-0.2, 0) is 4.79 Å². The first-order valence-electron chi connectivity index (χ1n) is 4.83. The smallest absolute Gasteiger partial charge is 0.246 e. The van der Waals surface area contributed by atoms with Crippen molar-refractivity contribution in [3.63, 3.8) is 0 Å². The summed E-state index contributed by atoms with van der Waals surface area (Å²) in [4.78, 5) is 12.9. The molecule has 80 valence electrons. The lowest BCUT2D eigenvalue weighted by Crippen LogP contribution is -2.27. The molecule has 0 bridgehead atoms. The van der Waals surface area contributed by atoms with Crippen LogP contribution in [0.2, 0.25) is 0 Å². The highest BCUT2D eigenvalue weighted by molar-refractivity contribution is 5.91. The summed E-state index contributed by atoms with van der Waals surface area (Å²) >= 11 is 0. The summed E-state index contributed by atoms with van der Waals surface area (Å²) in [5.74, 6) is -0.104. The highest BCUT2D eigenvalue weighted by atomic mass is 16.3. The Morgan fingerprint density at radius 2 is 2.07 bits per heavy atom. The standard InChI is InChI=1S/C12H15NO2/c1-13(9-10-14)12(15)8-7-11-5-3-2-4-6-11/h2-8,14H,9-10H2,1H3/b8-7+. The molecule has 0 spiro atoms. The number of carbonyl (C=O) groups excluding carboxylic acids is 1. The highest BCUT2D eigenvalue weighted by Gasteiger charge is 2.02. The van der Waals surface area contributed by atoms with Gasteiger partial charge in [-0.2, -0.15) is 0 Å². The van der Waals surface area contributed by atoms with Crippen LogP contribution >= 0.6 is 0 Å². The van der Waals surface area contributed by atoms with Crippen LogP contribution in [0.15, 0.2) is 36.4 Å². The second-order valence-corrected chi connectivity index (χ2v) is 3.23. The molecule has 0 saturated carbocycles. The van der Waals surface area contributed by atoms with Gasteiger partial charge in [0.25, 0.3) is 0 Å². The van der Waals surface area contributed by atoms with Crippen LogP contribution in [0, 0.1) is 0 Å². The predicted molar refractivity (Wildman–Crippen MR) is 60.2 cm³/mol. The van der Waals surface area contributed by atoms with E-state index in [0.717, 1.165) is 5.56 Å². The molecule has 0 atom stereocenters. The molecule has 1 N–H and O–H groups in total. The van der Waals surface area contributed by atoms with Gasteiger partial charge in [-0.3, -0.25) is 4.79 Å².